The topological polar surface area (TPSA) is 112 Å². The third-order valence-corrected chi connectivity index (χ3v) is 6.69. The van der Waals surface area contributed by atoms with Gasteiger partial charge in [0.25, 0.3) is 0 Å². The van der Waals surface area contributed by atoms with Crippen LogP contribution in [0.1, 0.15) is 36.2 Å². The van der Waals surface area contributed by atoms with Crippen LogP contribution in [0.2, 0.25) is 0 Å². The number of hydrogen-bond donors (Lipinski definition) is 2. The molecule has 2 amide bonds. The van der Waals surface area contributed by atoms with E-state index in [1.54, 1.807) is 21.9 Å². The van der Waals surface area contributed by atoms with Gasteiger partial charge in [-0.15, -0.1) is 0 Å². The van der Waals surface area contributed by atoms with Crippen molar-refractivity contribution < 1.29 is 19.5 Å². The molecule has 1 fully saturated rings. The predicted molar refractivity (Wildman–Crippen MR) is 126 cm³/mol. The van der Waals surface area contributed by atoms with Crippen LogP contribution in [-0.4, -0.2) is 64.2 Å². The number of carbonyl (C=O) groups excluding carboxylic acids is 2. The summed E-state index contributed by atoms with van der Waals surface area (Å²) in [6, 6.07) is 13.2. The number of fused-ring (bicyclic) bond motifs is 4. The van der Waals surface area contributed by atoms with Crippen LogP contribution in [0, 0.1) is 5.21 Å². The van der Waals surface area contributed by atoms with Crippen LogP contribution in [0.15, 0.2) is 48.5 Å². The summed E-state index contributed by atoms with van der Waals surface area (Å²) in [6.07, 6.45) is 1.11. The minimum Gasteiger partial charge on any atom is -0.733 e. The molecule has 2 N–H and O–H groups in total. The van der Waals surface area contributed by atoms with E-state index in [0.717, 1.165) is 27.7 Å². The predicted octanol–water partition coefficient (Wildman–Crippen LogP) is 2.97. The largest absolute Gasteiger partial charge is 0.733 e. The zero-order valence-corrected chi connectivity index (χ0v) is 18.9. The fourth-order valence-corrected chi connectivity index (χ4v) is 5.15. The van der Waals surface area contributed by atoms with Gasteiger partial charge in [0, 0.05) is 42.8 Å². The summed E-state index contributed by atoms with van der Waals surface area (Å²) >= 11 is 0. The Morgan fingerprint density at radius 3 is 2.68 bits per heavy atom. The molecule has 2 unspecified atom stereocenters. The summed E-state index contributed by atoms with van der Waals surface area (Å²) in [6.45, 7) is 3.59. The fourth-order valence-electron chi connectivity index (χ4n) is 5.15. The lowest BCUT2D eigenvalue weighted by Gasteiger charge is -2.47. The molecular formula is C25H27N4O5-. The first kappa shape index (κ1) is 22.4. The van der Waals surface area contributed by atoms with Crippen molar-refractivity contribution in [3.63, 3.8) is 0 Å². The highest BCUT2D eigenvalue weighted by Gasteiger charge is 2.48. The van der Waals surface area contributed by atoms with E-state index in [2.05, 4.69) is 4.98 Å². The normalized spacial score (nSPS) is 20.0. The molecule has 34 heavy (non-hydrogen) atoms. The lowest BCUT2D eigenvalue weighted by atomic mass is 9.86. The van der Waals surface area contributed by atoms with Crippen LogP contribution in [0.3, 0.4) is 0 Å². The second-order valence-electron chi connectivity index (χ2n) is 8.66. The van der Waals surface area contributed by atoms with E-state index in [1.165, 1.54) is 12.1 Å². The minimum atomic E-state index is -0.612. The number of benzene rings is 2. The van der Waals surface area contributed by atoms with E-state index in [-0.39, 0.29) is 29.3 Å². The summed E-state index contributed by atoms with van der Waals surface area (Å²) in [5, 5.41) is 21.3. The monoisotopic (exact) mass is 463 g/mol. The van der Waals surface area contributed by atoms with Crippen LogP contribution in [-0.2, 0) is 20.7 Å². The highest BCUT2D eigenvalue weighted by atomic mass is 16.8. The highest BCUT2D eigenvalue weighted by molar-refractivity contribution is 5.97. The van der Waals surface area contributed by atoms with Crippen LogP contribution in [0.4, 0.5) is 5.69 Å². The Balaban J connectivity index is 1.55. The van der Waals surface area contributed by atoms with E-state index < -0.39 is 12.1 Å². The number of ether oxygens (including phenoxy) is 1. The minimum absolute atomic E-state index is 0.0244. The summed E-state index contributed by atoms with van der Waals surface area (Å²) in [7, 11) is 0. The number of rotatable bonds is 7. The number of piperazine rings is 1. The molecule has 1 saturated heterocycles. The number of H-pyrrole nitrogens is 1. The van der Waals surface area contributed by atoms with Crippen molar-refractivity contribution in [2.45, 2.75) is 31.8 Å². The molecule has 2 aliphatic heterocycles. The molecular weight excluding hydrogens is 436 g/mol. The lowest BCUT2D eigenvalue weighted by molar-refractivity contribution is -0.158. The molecule has 0 spiro atoms. The Morgan fingerprint density at radius 2 is 1.94 bits per heavy atom. The molecule has 3 aromatic rings. The van der Waals surface area contributed by atoms with Crippen LogP contribution < -0.4 is 5.23 Å². The Morgan fingerprint density at radius 1 is 1.18 bits per heavy atom. The van der Waals surface area contributed by atoms with Gasteiger partial charge in [0.15, 0.2) is 0 Å². The maximum absolute atomic E-state index is 13.6. The number of carbonyl (C=O) groups is 2. The third kappa shape index (κ3) is 3.81. The first-order chi connectivity index (χ1) is 16.5. The number of nitrogens with one attached hydrogen (secondary N) is 1. The first-order valence-electron chi connectivity index (χ1n) is 11.5. The van der Waals surface area contributed by atoms with E-state index in [4.69, 9.17) is 4.74 Å². The summed E-state index contributed by atoms with van der Waals surface area (Å²) in [5.41, 5.74) is 3.70. The Kier molecular flexibility index (Phi) is 5.99. The van der Waals surface area contributed by atoms with Gasteiger partial charge in [-0.1, -0.05) is 30.3 Å². The molecule has 9 nitrogen and oxygen atoms in total. The summed E-state index contributed by atoms with van der Waals surface area (Å²) in [4.78, 5) is 33.8. The fraction of sp³-hybridized carbons (Fsp3) is 0.360. The Labute approximate surface area is 197 Å². The van der Waals surface area contributed by atoms with Gasteiger partial charge in [-0.3, -0.25) is 14.8 Å². The van der Waals surface area contributed by atoms with Gasteiger partial charge in [0.1, 0.15) is 6.04 Å². The molecule has 0 aliphatic carbocycles. The highest BCUT2D eigenvalue weighted by Crippen LogP contribution is 2.42. The van der Waals surface area contributed by atoms with Crippen molar-refractivity contribution in [2.24, 2.45) is 0 Å². The molecule has 0 saturated carbocycles. The maximum Gasteiger partial charge on any atom is 0.246 e. The lowest BCUT2D eigenvalue weighted by Crippen LogP contribution is -2.63. The van der Waals surface area contributed by atoms with Gasteiger partial charge in [-0.05, 0) is 42.7 Å². The van der Waals surface area contributed by atoms with Crippen molar-refractivity contribution in [1.29, 1.82) is 0 Å². The van der Waals surface area contributed by atoms with Crippen molar-refractivity contribution in [3.05, 3.63) is 70.6 Å². The molecule has 178 valence electrons. The van der Waals surface area contributed by atoms with Gasteiger partial charge in [0.2, 0.25) is 11.8 Å². The standard InChI is InChI=1S/C25H27N4O5/c1-2-34-13-5-12-27-15-22(30)28-21(25(27)31)14-19-18-6-3-4-7-20(18)26-23(19)24(28)16-8-10-17(11-9-16)29(32)33/h3-4,6-11,21,24,26,32H,2,5,12-15H2,1H3/q-1. The number of aromatic amines is 1. The van der Waals surface area contributed by atoms with Gasteiger partial charge in [-0.2, -0.15) is 0 Å². The molecule has 5 rings (SSSR count). The second-order valence-corrected chi connectivity index (χ2v) is 8.66. The number of hydrogen-bond acceptors (Lipinski definition) is 6. The molecule has 9 heteroatoms. The second kappa shape index (κ2) is 9.09. The van der Waals surface area contributed by atoms with E-state index in [9.17, 15) is 20.0 Å². The van der Waals surface area contributed by atoms with Gasteiger partial charge >= 0.3 is 0 Å². The molecule has 3 heterocycles. The number of aromatic nitrogens is 1. The molecule has 0 bridgehead atoms. The van der Waals surface area contributed by atoms with E-state index in [0.29, 0.717) is 32.6 Å². The van der Waals surface area contributed by atoms with Gasteiger partial charge in [0.05, 0.1) is 18.3 Å². The third-order valence-electron chi connectivity index (χ3n) is 6.69. The number of para-hydroxylation sites is 1. The number of anilines is 1. The molecule has 2 atom stereocenters. The Bertz CT molecular complexity index is 1210. The van der Waals surface area contributed by atoms with Crippen LogP contribution in [0.5, 0.6) is 0 Å². The zero-order valence-electron chi connectivity index (χ0n) is 18.9. The Hall–Kier alpha value is -3.40. The summed E-state index contributed by atoms with van der Waals surface area (Å²) < 4.78 is 5.40. The number of nitrogens with zero attached hydrogens (tertiary/aromatic N) is 3. The summed E-state index contributed by atoms with van der Waals surface area (Å²) in [5.74, 6) is -0.179. The molecule has 1 aromatic heterocycles. The van der Waals surface area contributed by atoms with Gasteiger partial charge in [-0.25, -0.2) is 0 Å². The van der Waals surface area contributed by atoms with E-state index >= 15 is 0 Å². The smallest absolute Gasteiger partial charge is 0.246 e. The van der Waals surface area contributed by atoms with Gasteiger partial charge < -0.3 is 30.0 Å². The zero-order chi connectivity index (χ0) is 23.8. The molecule has 2 aromatic carbocycles. The molecule has 0 radical (unpaired) electrons. The number of amides is 2. The maximum atomic E-state index is 13.6. The van der Waals surface area contributed by atoms with Crippen LogP contribution in [0.25, 0.3) is 10.9 Å². The van der Waals surface area contributed by atoms with Crippen molar-refractivity contribution in [1.82, 2.24) is 14.8 Å². The van der Waals surface area contributed by atoms with Crippen molar-refractivity contribution in [2.75, 3.05) is 31.5 Å². The first-order valence-corrected chi connectivity index (χ1v) is 11.5. The molecule has 2 aliphatic rings. The van der Waals surface area contributed by atoms with Crippen molar-refractivity contribution in [3.8, 4) is 0 Å². The average Bonchev–Trinajstić information content (AvgIpc) is 3.22. The SMILES string of the molecule is CCOCCCN1CC(=O)N2C(Cc3c([nH]c4ccccc34)C2c2ccc(N([O-])O)cc2)C1=O. The van der Waals surface area contributed by atoms with Crippen LogP contribution >= 0.6 is 0 Å². The quantitative estimate of drug-likeness (QED) is 0.412. The van der Waals surface area contributed by atoms with E-state index in [1.807, 2.05) is 31.2 Å². The van der Waals surface area contributed by atoms with Crippen molar-refractivity contribution >= 4 is 28.4 Å². The average molecular weight is 464 g/mol.